The molecule has 4 aromatic rings. The molecule has 1 atom stereocenters. The quantitative estimate of drug-likeness (QED) is 0.338. The van der Waals surface area contributed by atoms with Crippen molar-refractivity contribution in [3.8, 4) is 22.9 Å². The second-order valence-electron chi connectivity index (χ2n) is 10.1. The number of hydrogen-bond acceptors (Lipinski definition) is 8. The molecule has 1 aliphatic rings. The fraction of sp³-hybridized carbons (Fsp3) is 0.345. The highest BCUT2D eigenvalue weighted by molar-refractivity contribution is 5.84. The SMILES string of the molecule is CC1CN(c2ncc(-c3ccc4c(=O)n(C)n(Cc5cc(CC#N)ccc5OC(F)F)c4c3)cn2)CCN1C(=O)CO. The molecule has 0 spiro atoms. The molecule has 42 heavy (non-hydrogen) atoms. The van der Waals surface area contributed by atoms with E-state index in [1.165, 1.54) is 10.7 Å². The summed E-state index contributed by atoms with van der Waals surface area (Å²) in [6, 6.07) is 11.9. The van der Waals surface area contributed by atoms with Gasteiger partial charge in [0.1, 0.15) is 12.4 Å². The number of anilines is 1. The van der Waals surface area contributed by atoms with E-state index in [9.17, 15) is 23.5 Å². The van der Waals surface area contributed by atoms with Gasteiger partial charge in [-0.25, -0.2) is 9.97 Å². The van der Waals surface area contributed by atoms with Crippen molar-refractivity contribution in [1.29, 1.82) is 5.26 Å². The first-order chi connectivity index (χ1) is 20.2. The summed E-state index contributed by atoms with van der Waals surface area (Å²) in [5.41, 5.74) is 2.84. The predicted molar refractivity (Wildman–Crippen MR) is 150 cm³/mol. The summed E-state index contributed by atoms with van der Waals surface area (Å²) in [6.07, 6.45) is 3.47. The second-order valence-corrected chi connectivity index (χ2v) is 10.1. The Morgan fingerprint density at radius 1 is 1.17 bits per heavy atom. The zero-order valence-electron chi connectivity index (χ0n) is 23.1. The third-order valence-electron chi connectivity index (χ3n) is 7.44. The number of fused-ring (bicyclic) bond motifs is 1. The number of hydrogen-bond donors (Lipinski definition) is 1. The number of piperazine rings is 1. The highest BCUT2D eigenvalue weighted by atomic mass is 19.3. The highest BCUT2D eigenvalue weighted by Crippen LogP contribution is 2.28. The Morgan fingerprint density at radius 2 is 1.93 bits per heavy atom. The summed E-state index contributed by atoms with van der Waals surface area (Å²) >= 11 is 0. The molecule has 1 N–H and O–H groups in total. The number of amides is 1. The van der Waals surface area contributed by atoms with Crippen molar-refractivity contribution in [2.75, 3.05) is 31.1 Å². The fourth-order valence-corrected chi connectivity index (χ4v) is 5.31. The molecule has 2 aromatic heterocycles. The van der Waals surface area contributed by atoms with Crippen LogP contribution >= 0.6 is 0 Å². The molecule has 1 aliphatic heterocycles. The average Bonchev–Trinajstić information content (AvgIpc) is 3.22. The van der Waals surface area contributed by atoms with E-state index < -0.39 is 13.2 Å². The van der Waals surface area contributed by atoms with Crippen molar-refractivity contribution in [3.63, 3.8) is 0 Å². The van der Waals surface area contributed by atoms with Crippen LogP contribution < -0.4 is 15.2 Å². The summed E-state index contributed by atoms with van der Waals surface area (Å²) in [5.74, 6) is 0.182. The van der Waals surface area contributed by atoms with E-state index in [-0.39, 0.29) is 36.2 Å². The Morgan fingerprint density at radius 3 is 2.60 bits per heavy atom. The molecule has 1 unspecified atom stereocenters. The van der Waals surface area contributed by atoms with Gasteiger partial charge in [0.25, 0.3) is 5.56 Å². The second kappa shape index (κ2) is 12.0. The van der Waals surface area contributed by atoms with E-state index in [1.807, 2.05) is 17.9 Å². The van der Waals surface area contributed by atoms with Crippen LogP contribution in [0, 0.1) is 11.3 Å². The highest BCUT2D eigenvalue weighted by Gasteiger charge is 2.28. The van der Waals surface area contributed by atoms with Crippen molar-refractivity contribution in [3.05, 3.63) is 70.3 Å². The summed E-state index contributed by atoms with van der Waals surface area (Å²) in [5, 5.41) is 18.7. The van der Waals surface area contributed by atoms with Crippen LogP contribution in [0.2, 0.25) is 0 Å². The van der Waals surface area contributed by atoms with Crippen LogP contribution in [0.5, 0.6) is 5.75 Å². The Hall–Kier alpha value is -4.83. The molecule has 1 amide bonds. The zero-order chi connectivity index (χ0) is 30.0. The standard InChI is InChI=1S/C29H29F2N7O4/c1-18-15-36(9-10-37(18)26(40)17-39)29-33-13-22(14-34-29)20-4-5-23-24(12-20)38(35(2)27(23)41)16-21-11-19(7-8-32)3-6-25(21)42-28(30)31/h3-6,11-14,18,28,39H,7,9-10,15-17H2,1-2H3. The van der Waals surface area contributed by atoms with Crippen LogP contribution in [0.3, 0.4) is 0 Å². The van der Waals surface area contributed by atoms with E-state index in [0.717, 1.165) is 5.56 Å². The Bertz CT molecular complexity index is 1710. The lowest BCUT2D eigenvalue weighted by atomic mass is 10.1. The molecule has 13 heteroatoms. The minimum atomic E-state index is -3.03. The monoisotopic (exact) mass is 577 g/mol. The first-order valence-corrected chi connectivity index (χ1v) is 13.3. The maximum atomic E-state index is 13.1. The Balaban J connectivity index is 1.44. The van der Waals surface area contributed by atoms with Gasteiger partial charge in [0.15, 0.2) is 0 Å². The van der Waals surface area contributed by atoms with Gasteiger partial charge < -0.3 is 19.6 Å². The number of carbonyl (C=O) groups is 1. The molecular weight excluding hydrogens is 548 g/mol. The molecule has 218 valence electrons. The van der Waals surface area contributed by atoms with Crippen LogP contribution in [0.25, 0.3) is 22.0 Å². The topological polar surface area (TPSA) is 130 Å². The molecule has 3 heterocycles. The number of nitrogens with zero attached hydrogens (tertiary/aromatic N) is 7. The van der Waals surface area contributed by atoms with E-state index >= 15 is 0 Å². The maximum absolute atomic E-state index is 13.1. The van der Waals surface area contributed by atoms with E-state index in [2.05, 4.69) is 16.0 Å². The lowest BCUT2D eigenvalue weighted by molar-refractivity contribution is -0.136. The number of alkyl halides is 2. The number of nitriles is 1. The largest absolute Gasteiger partial charge is 0.434 e. The third-order valence-corrected chi connectivity index (χ3v) is 7.44. The van der Waals surface area contributed by atoms with E-state index in [4.69, 9.17) is 10.00 Å². The number of aliphatic hydroxyl groups excluding tert-OH is 1. The van der Waals surface area contributed by atoms with Gasteiger partial charge in [-0.3, -0.25) is 19.0 Å². The van der Waals surface area contributed by atoms with Crippen molar-refractivity contribution in [2.24, 2.45) is 7.05 Å². The van der Waals surface area contributed by atoms with Gasteiger partial charge >= 0.3 is 6.61 Å². The molecule has 2 aromatic carbocycles. The number of aromatic nitrogens is 4. The van der Waals surface area contributed by atoms with E-state index in [0.29, 0.717) is 53.2 Å². The van der Waals surface area contributed by atoms with Gasteiger partial charge in [-0.1, -0.05) is 12.1 Å². The third kappa shape index (κ3) is 5.66. The lowest BCUT2D eigenvalue weighted by Gasteiger charge is -2.39. The number of halogens is 2. The van der Waals surface area contributed by atoms with Crippen LogP contribution in [0.15, 0.2) is 53.6 Å². The molecule has 0 radical (unpaired) electrons. The first-order valence-electron chi connectivity index (χ1n) is 13.3. The number of carbonyl (C=O) groups excluding carboxylic acids is 1. The van der Waals surface area contributed by atoms with E-state index in [1.54, 1.807) is 53.3 Å². The molecule has 11 nitrogen and oxygen atoms in total. The molecule has 0 bridgehead atoms. The molecule has 0 saturated carbocycles. The fourth-order valence-electron chi connectivity index (χ4n) is 5.31. The molecule has 0 aliphatic carbocycles. The van der Waals surface area contributed by atoms with Gasteiger partial charge in [0.05, 0.1) is 29.9 Å². The van der Waals surface area contributed by atoms with Crippen molar-refractivity contribution in [1.82, 2.24) is 24.2 Å². The van der Waals surface area contributed by atoms with Crippen LogP contribution in [0.1, 0.15) is 18.1 Å². The van der Waals surface area contributed by atoms with Crippen LogP contribution in [-0.4, -0.2) is 74.1 Å². The maximum Gasteiger partial charge on any atom is 0.387 e. The van der Waals surface area contributed by atoms with Gasteiger partial charge in [-0.15, -0.1) is 0 Å². The number of aliphatic hydroxyl groups is 1. The molecule has 5 rings (SSSR count). The zero-order valence-corrected chi connectivity index (χ0v) is 23.1. The predicted octanol–water partition coefficient (Wildman–Crippen LogP) is 2.54. The number of ether oxygens (including phenoxy) is 1. The van der Waals surface area contributed by atoms with Gasteiger partial charge in [0.2, 0.25) is 11.9 Å². The van der Waals surface area contributed by atoms with Crippen molar-refractivity contribution < 1.29 is 23.4 Å². The summed E-state index contributed by atoms with van der Waals surface area (Å²) in [6.45, 7) is -0.0701. The van der Waals surface area contributed by atoms with Crippen LogP contribution in [0.4, 0.5) is 14.7 Å². The summed E-state index contributed by atoms with van der Waals surface area (Å²) < 4.78 is 34.1. The Labute approximate surface area is 239 Å². The number of rotatable bonds is 8. The minimum Gasteiger partial charge on any atom is -0.434 e. The van der Waals surface area contributed by atoms with Gasteiger partial charge in [0, 0.05) is 56.2 Å². The van der Waals surface area contributed by atoms with Gasteiger partial charge in [-0.2, -0.15) is 14.0 Å². The van der Waals surface area contributed by atoms with Crippen molar-refractivity contribution in [2.45, 2.75) is 32.5 Å². The van der Waals surface area contributed by atoms with Crippen molar-refractivity contribution >= 4 is 22.8 Å². The molecule has 1 saturated heterocycles. The summed E-state index contributed by atoms with van der Waals surface area (Å²) in [7, 11) is 1.60. The smallest absolute Gasteiger partial charge is 0.387 e. The normalized spacial score (nSPS) is 15.3. The molecule has 1 fully saturated rings. The lowest BCUT2D eigenvalue weighted by Crippen LogP contribution is -2.55. The van der Waals surface area contributed by atoms with Gasteiger partial charge in [-0.05, 0) is 42.3 Å². The first kappa shape index (κ1) is 28.7. The number of benzene rings is 2. The summed E-state index contributed by atoms with van der Waals surface area (Å²) in [4.78, 5) is 37.6. The minimum absolute atomic E-state index is 0.0305. The average molecular weight is 578 g/mol. The molecular formula is C29H29F2N7O4. The Kier molecular flexibility index (Phi) is 8.17. The van der Waals surface area contributed by atoms with Crippen LogP contribution in [-0.2, 0) is 24.8 Å².